The number of nitrogens with two attached hydrogens (primary N) is 1. The third-order valence-electron chi connectivity index (χ3n) is 2.86. The fourth-order valence-electron chi connectivity index (χ4n) is 1.67. The molecule has 2 N–H and O–H groups in total. The molecule has 0 saturated heterocycles. The molecule has 6 heteroatoms. The Balaban J connectivity index is 2.26. The predicted molar refractivity (Wildman–Crippen MR) is 76.7 cm³/mol. The van der Waals surface area contributed by atoms with Gasteiger partial charge < -0.3 is 5.73 Å². The first kappa shape index (κ1) is 13.8. The molecule has 1 aromatic carbocycles. The lowest BCUT2D eigenvalue weighted by molar-refractivity contribution is 0.340. The summed E-state index contributed by atoms with van der Waals surface area (Å²) >= 11 is 6.03. The number of aromatic nitrogens is 4. The van der Waals surface area contributed by atoms with Crippen LogP contribution in [0.5, 0.6) is 0 Å². The van der Waals surface area contributed by atoms with Crippen LogP contribution in [0.1, 0.15) is 27.2 Å². The van der Waals surface area contributed by atoms with Crippen molar-refractivity contribution < 1.29 is 0 Å². The standard InChI is InChI=1S/C13H18ClN5/c1-13(2,3)6-7-19-12(16-17-18-19)9-4-5-11(15)10(14)8-9/h4-5,8H,6-7,15H2,1-3H3. The van der Waals surface area contributed by atoms with Crippen molar-refractivity contribution in [2.45, 2.75) is 33.7 Å². The number of nitrogen functional groups attached to an aromatic ring is 1. The van der Waals surface area contributed by atoms with Crippen LogP contribution in [0.2, 0.25) is 5.02 Å². The molecule has 1 heterocycles. The lowest BCUT2D eigenvalue weighted by Crippen LogP contribution is -2.12. The second kappa shape index (κ2) is 5.17. The van der Waals surface area contributed by atoms with E-state index < -0.39 is 0 Å². The van der Waals surface area contributed by atoms with E-state index in [4.69, 9.17) is 17.3 Å². The summed E-state index contributed by atoms with van der Waals surface area (Å²) < 4.78 is 1.80. The molecule has 2 rings (SSSR count). The zero-order chi connectivity index (χ0) is 14.0. The molecule has 0 saturated carbocycles. The Labute approximate surface area is 117 Å². The van der Waals surface area contributed by atoms with Gasteiger partial charge in [0.15, 0.2) is 5.82 Å². The number of tetrazole rings is 1. The largest absolute Gasteiger partial charge is 0.398 e. The highest BCUT2D eigenvalue weighted by Gasteiger charge is 2.14. The summed E-state index contributed by atoms with van der Waals surface area (Å²) in [5, 5.41) is 12.3. The molecule has 0 aliphatic heterocycles. The first-order valence-electron chi connectivity index (χ1n) is 6.18. The van der Waals surface area contributed by atoms with E-state index in [1.807, 2.05) is 6.07 Å². The van der Waals surface area contributed by atoms with Crippen molar-refractivity contribution in [3.05, 3.63) is 23.2 Å². The number of rotatable bonds is 3. The van der Waals surface area contributed by atoms with Crippen LogP contribution < -0.4 is 5.73 Å². The Morgan fingerprint density at radius 2 is 2.05 bits per heavy atom. The van der Waals surface area contributed by atoms with Crippen molar-refractivity contribution in [1.82, 2.24) is 20.2 Å². The maximum Gasteiger partial charge on any atom is 0.182 e. The molecule has 0 atom stereocenters. The topological polar surface area (TPSA) is 69.6 Å². The molecule has 0 bridgehead atoms. The molecule has 2 aromatic rings. The van der Waals surface area contributed by atoms with Crippen LogP contribution in [0, 0.1) is 5.41 Å². The fraction of sp³-hybridized carbons (Fsp3) is 0.462. The van der Waals surface area contributed by atoms with Crippen molar-refractivity contribution in [2.75, 3.05) is 5.73 Å². The number of hydrogen-bond donors (Lipinski definition) is 1. The van der Waals surface area contributed by atoms with E-state index in [-0.39, 0.29) is 5.41 Å². The summed E-state index contributed by atoms with van der Waals surface area (Å²) in [7, 11) is 0. The van der Waals surface area contributed by atoms with Gasteiger partial charge in [0.25, 0.3) is 0 Å². The minimum atomic E-state index is 0.238. The van der Waals surface area contributed by atoms with E-state index in [9.17, 15) is 0 Å². The van der Waals surface area contributed by atoms with Crippen LogP contribution in [0.3, 0.4) is 0 Å². The molecule has 5 nitrogen and oxygen atoms in total. The molecule has 19 heavy (non-hydrogen) atoms. The van der Waals surface area contributed by atoms with Crippen molar-refractivity contribution in [3.8, 4) is 11.4 Å². The summed E-state index contributed by atoms with van der Waals surface area (Å²) in [5.41, 5.74) is 7.37. The number of benzene rings is 1. The van der Waals surface area contributed by atoms with Crippen molar-refractivity contribution in [3.63, 3.8) is 0 Å². The third kappa shape index (κ3) is 3.44. The third-order valence-corrected chi connectivity index (χ3v) is 3.19. The van der Waals surface area contributed by atoms with E-state index >= 15 is 0 Å². The average molecular weight is 280 g/mol. The van der Waals surface area contributed by atoms with E-state index in [1.165, 1.54) is 0 Å². The summed E-state index contributed by atoms with van der Waals surface area (Å²) in [4.78, 5) is 0. The van der Waals surface area contributed by atoms with Gasteiger partial charge in [-0.05, 0) is 40.5 Å². The Hall–Kier alpha value is -1.62. The number of hydrogen-bond acceptors (Lipinski definition) is 4. The molecule has 0 radical (unpaired) electrons. The Bertz CT molecular complexity index is 571. The van der Waals surface area contributed by atoms with Crippen molar-refractivity contribution in [2.24, 2.45) is 5.41 Å². The van der Waals surface area contributed by atoms with Crippen molar-refractivity contribution in [1.29, 1.82) is 0 Å². The minimum Gasteiger partial charge on any atom is -0.398 e. The fourth-order valence-corrected chi connectivity index (χ4v) is 1.85. The number of aryl methyl sites for hydroxylation is 1. The molecule has 0 aliphatic carbocycles. The van der Waals surface area contributed by atoms with Crippen LogP contribution in [-0.2, 0) is 6.54 Å². The normalized spacial score (nSPS) is 11.8. The Morgan fingerprint density at radius 3 is 2.68 bits per heavy atom. The van der Waals surface area contributed by atoms with Gasteiger partial charge in [-0.1, -0.05) is 32.4 Å². The highest BCUT2D eigenvalue weighted by molar-refractivity contribution is 6.33. The maximum atomic E-state index is 6.03. The summed E-state index contributed by atoms with van der Waals surface area (Å²) in [6, 6.07) is 5.43. The van der Waals surface area contributed by atoms with Crippen LogP contribution in [0.4, 0.5) is 5.69 Å². The Kier molecular flexibility index (Phi) is 3.75. The van der Waals surface area contributed by atoms with E-state index in [1.54, 1.807) is 16.8 Å². The second-order valence-electron chi connectivity index (χ2n) is 5.77. The zero-order valence-electron chi connectivity index (χ0n) is 11.4. The molecular weight excluding hydrogens is 262 g/mol. The molecule has 0 aliphatic rings. The van der Waals surface area contributed by atoms with Gasteiger partial charge in [-0.3, -0.25) is 0 Å². The van der Waals surface area contributed by atoms with Gasteiger partial charge in [-0.15, -0.1) is 5.10 Å². The zero-order valence-corrected chi connectivity index (χ0v) is 12.1. The van der Waals surface area contributed by atoms with Crippen LogP contribution >= 0.6 is 11.6 Å². The molecule has 0 amide bonds. The minimum absolute atomic E-state index is 0.238. The van der Waals surface area contributed by atoms with Gasteiger partial charge in [0.1, 0.15) is 0 Å². The maximum absolute atomic E-state index is 6.03. The first-order valence-corrected chi connectivity index (χ1v) is 6.56. The van der Waals surface area contributed by atoms with E-state index in [0.29, 0.717) is 16.5 Å². The van der Waals surface area contributed by atoms with Gasteiger partial charge >= 0.3 is 0 Å². The van der Waals surface area contributed by atoms with Crippen LogP contribution in [-0.4, -0.2) is 20.2 Å². The smallest absolute Gasteiger partial charge is 0.182 e. The predicted octanol–water partition coefficient (Wildman–Crippen LogP) is 3.01. The molecule has 0 spiro atoms. The highest BCUT2D eigenvalue weighted by Crippen LogP contribution is 2.26. The number of nitrogens with zero attached hydrogens (tertiary/aromatic N) is 4. The van der Waals surface area contributed by atoms with Gasteiger partial charge in [0.05, 0.1) is 10.7 Å². The van der Waals surface area contributed by atoms with Gasteiger partial charge in [-0.25, -0.2) is 4.68 Å². The van der Waals surface area contributed by atoms with Gasteiger partial charge in [0, 0.05) is 12.1 Å². The number of halogens is 1. The molecular formula is C13H18ClN5. The molecule has 1 aromatic heterocycles. The molecule has 102 valence electrons. The number of anilines is 1. The Morgan fingerprint density at radius 1 is 1.32 bits per heavy atom. The lowest BCUT2D eigenvalue weighted by atomic mass is 9.92. The monoisotopic (exact) mass is 279 g/mol. The quantitative estimate of drug-likeness (QED) is 0.877. The van der Waals surface area contributed by atoms with Gasteiger partial charge in [-0.2, -0.15) is 0 Å². The average Bonchev–Trinajstić information content (AvgIpc) is 2.77. The van der Waals surface area contributed by atoms with Crippen molar-refractivity contribution >= 4 is 17.3 Å². The summed E-state index contributed by atoms with van der Waals surface area (Å²) in [6.45, 7) is 7.35. The summed E-state index contributed by atoms with van der Waals surface area (Å²) in [5.74, 6) is 0.714. The van der Waals surface area contributed by atoms with Gasteiger partial charge in [0.2, 0.25) is 0 Å². The second-order valence-corrected chi connectivity index (χ2v) is 6.18. The van der Waals surface area contributed by atoms with Crippen LogP contribution in [0.25, 0.3) is 11.4 Å². The van der Waals surface area contributed by atoms with Crippen LogP contribution in [0.15, 0.2) is 18.2 Å². The van der Waals surface area contributed by atoms with E-state index in [2.05, 4.69) is 36.3 Å². The molecule has 0 fully saturated rings. The lowest BCUT2D eigenvalue weighted by Gasteiger charge is -2.17. The first-order chi connectivity index (χ1) is 8.87. The SMILES string of the molecule is CC(C)(C)CCn1nnnc1-c1ccc(N)c(Cl)c1. The summed E-state index contributed by atoms with van der Waals surface area (Å²) in [6.07, 6.45) is 0.994. The van der Waals surface area contributed by atoms with E-state index in [0.717, 1.165) is 18.5 Å². The highest BCUT2D eigenvalue weighted by atomic mass is 35.5. The molecule has 0 unspecified atom stereocenters.